The predicted octanol–water partition coefficient (Wildman–Crippen LogP) is 7.49. The molecule has 5 unspecified atom stereocenters. The molecule has 0 spiro atoms. The second-order valence-corrected chi connectivity index (χ2v) is 18.6. The highest BCUT2D eigenvalue weighted by Crippen LogP contribution is 2.78. The van der Waals surface area contributed by atoms with E-state index in [2.05, 4.69) is 69.6 Å². The zero-order chi connectivity index (χ0) is 28.4. The van der Waals surface area contributed by atoms with Crippen LogP contribution >= 0.6 is 0 Å². The van der Waals surface area contributed by atoms with E-state index in [0.717, 1.165) is 30.8 Å². The average molecular weight is 543 g/mol. The van der Waals surface area contributed by atoms with E-state index < -0.39 is 0 Å². The topological polar surface area (TPSA) is 35.5 Å². The lowest BCUT2D eigenvalue weighted by molar-refractivity contribution is -0.862. The summed E-state index contributed by atoms with van der Waals surface area (Å²) in [6, 6.07) is 0. The molecule has 39 heavy (non-hydrogen) atoms. The zero-order valence-electron chi connectivity index (χ0n) is 27.1. The first-order valence-corrected chi connectivity index (χ1v) is 16.5. The molecule has 2 bridgehead atoms. The summed E-state index contributed by atoms with van der Waals surface area (Å²) < 4.78 is 13.7. The quantitative estimate of drug-likeness (QED) is 0.274. The van der Waals surface area contributed by atoms with Gasteiger partial charge in [0.05, 0.1) is 33.9 Å². The number of quaternary nitrogens is 1. The monoisotopic (exact) mass is 542 g/mol. The summed E-state index contributed by atoms with van der Waals surface area (Å²) in [4.78, 5) is 12.9. The Morgan fingerprint density at radius 2 is 1.49 bits per heavy atom. The highest BCUT2D eigenvalue weighted by molar-refractivity contribution is 5.70. The van der Waals surface area contributed by atoms with Crippen LogP contribution in [0.1, 0.15) is 113 Å². The van der Waals surface area contributed by atoms with E-state index in [9.17, 15) is 4.79 Å². The predicted molar refractivity (Wildman–Crippen MR) is 157 cm³/mol. The van der Waals surface area contributed by atoms with Crippen molar-refractivity contribution >= 4 is 5.97 Å². The SMILES string of the molecule is CC1(C)C(OC(=O)C[N+](C)(C)C)CC[C@@]2(C)C1CC[C@]1(C)C2CCC2C3[C@H]4OC[C@@]3(CCC4(C)C)CC[C@]21C. The van der Waals surface area contributed by atoms with Gasteiger partial charge in [-0.25, -0.2) is 4.79 Å². The fourth-order valence-corrected chi connectivity index (χ4v) is 12.7. The number of carbonyl (C=O) groups excluding carboxylic acids is 1. The number of likely N-dealkylation sites (N-methyl/N-ethyl adjacent to an activating group) is 1. The molecule has 10 atom stereocenters. The second kappa shape index (κ2) is 8.48. The van der Waals surface area contributed by atoms with Gasteiger partial charge in [0.1, 0.15) is 6.10 Å². The van der Waals surface area contributed by atoms with Gasteiger partial charge >= 0.3 is 5.97 Å². The molecule has 0 N–H and O–H groups in total. The van der Waals surface area contributed by atoms with Crippen molar-refractivity contribution < 1.29 is 18.8 Å². The Morgan fingerprint density at radius 1 is 0.795 bits per heavy atom. The summed E-state index contributed by atoms with van der Waals surface area (Å²) in [5, 5.41) is 0. The minimum absolute atomic E-state index is 0.0175. The first-order valence-electron chi connectivity index (χ1n) is 16.5. The summed E-state index contributed by atoms with van der Waals surface area (Å²) in [5.41, 5.74) is 1.90. The molecule has 1 heterocycles. The van der Waals surface area contributed by atoms with Crippen LogP contribution in [0.15, 0.2) is 0 Å². The van der Waals surface area contributed by atoms with Crippen LogP contribution in [0.3, 0.4) is 0 Å². The number of rotatable bonds is 3. The molecule has 5 aliphatic carbocycles. The third-order valence-corrected chi connectivity index (χ3v) is 15.0. The number of carbonyl (C=O) groups is 1. The van der Waals surface area contributed by atoms with E-state index in [0.29, 0.717) is 50.1 Å². The van der Waals surface area contributed by atoms with Crippen molar-refractivity contribution in [2.45, 2.75) is 125 Å². The Bertz CT molecular complexity index is 1010. The molecule has 6 aliphatic rings. The Morgan fingerprint density at radius 3 is 2.18 bits per heavy atom. The van der Waals surface area contributed by atoms with Crippen molar-refractivity contribution in [2.24, 2.45) is 56.2 Å². The molecule has 4 heteroatoms. The highest BCUT2D eigenvalue weighted by atomic mass is 16.5. The van der Waals surface area contributed by atoms with Crippen LogP contribution in [0, 0.1) is 56.2 Å². The van der Waals surface area contributed by atoms with E-state index in [4.69, 9.17) is 9.47 Å². The Balaban J connectivity index is 1.28. The minimum Gasteiger partial charge on any atom is -0.458 e. The number of ether oxygens (including phenoxy) is 2. The molecule has 0 radical (unpaired) electrons. The smallest absolute Gasteiger partial charge is 0.362 e. The summed E-state index contributed by atoms with van der Waals surface area (Å²) in [5.74, 6) is 2.91. The minimum atomic E-state index is -0.0266. The summed E-state index contributed by atoms with van der Waals surface area (Å²) in [6.07, 6.45) is 13.6. The van der Waals surface area contributed by atoms with Gasteiger partial charge in [-0.05, 0) is 115 Å². The highest BCUT2D eigenvalue weighted by Gasteiger charge is 2.72. The van der Waals surface area contributed by atoms with Crippen LogP contribution in [-0.4, -0.2) is 57.0 Å². The van der Waals surface area contributed by atoms with Crippen molar-refractivity contribution in [1.29, 1.82) is 0 Å². The number of esters is 1. The van der Waals surface area contributed by atoms with Crippen molar-refractivity contribution in [3.8, 4) is 0 Å². The zero-order valence-corrected chi connectivity index (χ0v) is 27.1. The van der Waals surface area contributed by atoms with E-state index in [-0.39, 0.29) is 17.5 Å². The molecule has 1 saturated heterocycles. The molecule has 6 fully saturated rings. The molecule has 5 saturated carbocycles. The molecular formula is C35H60NO3+. The summed E-state index contributed by atoms with van der Waals surface area (Å²) in [6.45, 7) is 19.5. The molecule has 222 valence electrons. The molecule has 1 aliphatic heterocycles. The first kappa shape index (κ1) is 28.5. The lowest BCUT2D eigenvalue weighted by atomic mass is 9.31. The van der Waals surface area contributed by atoms with Crippen LogP contribution in [-0.2, 0) is 14.3 Å². The largest absolute Gasteiger partial charge is 0.458 e. The van der Waals surface area contributed by atoms with Crippen LogP contribution in [0.2, 0.25) is 0 Å². The van der Waals surface area contributed by atoms with Crippen molar-refractivity contribution in [3.05, 3.63) is 0 Å². The maximum absolute atomic E-state index is 12.9. The van der Waals surface area contributed by atoms with Gasteiger partial charge in [-0.2, -0.15) is 0 Å². The van der Waals surface area contributed by atoms with Gasteiger partial charge in [0.25, 0.3) is 0 Å². The Kier molecular flexibility index (Phi) is 6.20. The van der Waals surface area contributed by atoms with E-state index in [1.54, 1.807) is 0 Å². The maximum Gasteiger partial charge on any atom is 0.362 e. The van der Waals surface area contributed by atoms with Crippen LogP contribution < -0.4 is 0 Å². The number of fused-ring (bicyclic) bond motifs is 5. The van der Waals surface area contributed by atoms with Crippen molar-refractivity contribution in [1.82, 2.24) is 0 Å². The summed E-state index contributed by atoms with van der Waals surface area (Å²) in [7, 11) is 6.21. The number of nitrogens with zero attached hydrogens (tertiary/aromatic N) is 1. The normalized spacial score (nSPS) is 51.6. The third-order valence-electron chi connectivity index (χ3n) is 15.0. The number of hydrogen-bond acceptors (Lipinski definition) is 3. The lowest BCUT2D eigenvalue weighted by Crippen LogP contribution is -2.68. The third kappa shape index (κ3) is 3.84. The molecule has 6 rings (SSSR count). The lowest BCUT2D eigenvalue weighted by Gasteiger charge is -2.73. The molecule has 4 nitrogen and oxygen atoms in total. The molecule has 0 aromatic carbocycles. The standard InChI is InChI=1S/C35H60NO3/c1-30(2)17-19-35-20-18-33(6)23(28(35)29(30)38-22-35)11-12-25-32(5)15-14-26(39-27(37)21-36(8,9)10)31(3,4)24(32)13-16-34(25,33)7/h23-26,28-29H,11-22H2,1-10H3/q+1/t23?,24?,25?,26?,28?,29-,32+,33-,34-,35-/m1/s1. The fourth-order valence-electron chi connectivity index (χ4n) is 12.7. The number of hydrogen-bond donors (Lipinski definition) is 0. The van der Waals surface area contributed by atoms with E-state index in [1.165, 1.54) is 57.8 Å². The van der Waals surface area contributed by atoms with Gasteiger partial charge in [-0.3, -0.25) is 0 Å². The van der Waals surface area contributed by atoms with Gasteiger partial charge in [0.15, 0.2) is 6.54 Å². The Labute approximate surface area is 239 Å². The Hall–Kier alpha value is -0.610. The molecule has 0 aromatic rings. The molecular weight excluding hydrogens is 482 g/mol. The average Bonchev–Trinajstić information content (AvgIpc) is 3.14. The van der Waals surface area contributed by atoms with E-state index in [1.807, 2.05) is 0 Å². The first-order chi connectivity index (χ1) is 17.9. The summed E-state index contributed by atoms with van der Waals surface area (Å²) >= 11 is 0. The van der Waals surface area contributed by atoms with E-state index >= 15 is 0 Å². The van der Waals surface area contributed by atoms with Gasteiger partial charge in [-0.15, -0.1) is 0 Å². The van der Waals surface area contributed by atoms with Gasteiger partial charge in [-0.1, -0.05) is 48.5 Å². The van der Waals surface area contributed by atoms with Crippen LogP contribution in [0.25, 0.3) is 0 Å². The molecule has 0 amide bonds. The fraction of sp³-hybridized carbons (Fsp3) is 0.971. The molecule has 0 aromatic heterocycles. The van der Waals surface area contributed by atoms with Crippen molar-refractivity contribution in [2.75, 3.05) is 34.3 Å². The van der Waals surface area contributed by atoms with Gasteiger partial charge in [0.2, 0.25) is 0 Å². The van der Waals surface area contributed by atoms with Gasteiger partial charge in [0, 0.05) is 5.41 Å². The van der Waals surface area contributed by atoms with Crippen LogP contribution in [0.4, 0.5) is 0 Å². The van der Waals surface area contributed by atoms with Gasteiger partial charge < -0.3 is 14.0 Å². The van der Waals surface area contributed by atoms with Crippen LogP contribution in [0.5, 0.6) is 0 Å². The second-order valence-electron chi connectivity index (χ2n) is 18.6. The van der Waals surface area contributed by atoms with Crippen molar-refractivity contribution in [3.63, 3.8) is 0 Å². The maximum atomic E-state index is 12.9.